The number of hydrogen-bond donors (Lipinski definition) is 0. The minimum atomic E-state index is 0.850. The van der Waals surface area contributed by atoms with Gasteiger partial charge in [0, 0.05) is 5.39 Å². The van der Waals surface area contributed by atoms with Crippen LogP contribution in [0, 0.1) is 11.3 Å². The van der Waals surface area contributed by atoms with Crippen molar-refractivity contribution in [1.82, 2.24) is 0 Å². The monoisotopic (exact) mass is 269 g/mol. The molecule has 0 radical (unpaired) electrons. The summed E-state index contributed by atoms with van der Waals surface area (Å²) in [5.74, 6) is 0. The minimum absolute atomic E-state index is 0.850. The van der Waals surface area contributed by atoms with Crippen LogP contribution in [0.2, 0.25) is 0 Å². The summed E-state index contributed by atoms with van der Waals surface area (Å²) in [6.45, 7) is 2.16. The van der Waals surface area contributed by atoms with Crippen LogP contribution in [0.5, 0.6) is 0 Å². The molecule has 0 fully saturated rings. The maximum atomic E-state index is 9.63. The molecule has 0 saturated heterocycles. The molecule has 0 atom stereocenters. The van der Waals surface area contributed by atoms with Gasteiger partial charge in [0.15, 0.2) is 0 Å². The molecule has 21 heavy (non-hydrogen) atoms. The molecular weight excluding hydrogens is 254 g/mol. The van der Waals surface area contributed by atoms with Crippen LogP contribution in [0.25, 0.3) is 32.3 Å². The van der Waals surface area contributed by atoms with Gasteiger partial charge in [0.2, 0.25) is 0 Å². The van der Waals surface area contributed by atoms with E-state index in [2.05, 4.69) is 61.5 Å². The van der Waals surface area contributed by atoms with Crippen LogP contribution >= 0.6 is 0 Å². The van der Waals surface area contributed by atoms with E-state index in [0.717, 1.165) is 23.8 Å². The molecule has 0 bridgehead atoms. The van der Waals surface area contributed by atoms with Gasteiger partial charge in [0.1, 0.15) is 6.07 Å². The molecule has 1 heteroatoms. The van der Waals surface area contributed by atoms with E-state index in [1.54, 1.807) is 0 Å². The summed E-state index contributed by atoms with van der Waals surface area (Å²) >= 11 is 0. The molecule has 0 aliphatic heterocycles. The van der Waals surface area contributed by atoms with Crippen LogP contribution in [0.4, 0.5) is 0 Å². The van der Waals surface area contributed by atoms with Gasteiger partial charge < -0.3 is 0 Å². The Morgan fingerprint density at radius 3 is 2.33 bits per heavy atom. The van der Waals surface area contributed by atoms with E-state index < -0.39 is 0 Å². The molecule has 0 heterocycles. The van der Waals surface area contributed by atoms with E-state index in [-0.39, 0.29) is 0 Å². The molecule has 0 spiro atoms. The first kappa shape index (κ1) is 12.2. The molecule has 4 aromatic rings. The summed E-state index contributed by atoms with van der Waals surface area (Å²) in [6.07, 6.45) is 2.02. The molecular formula is C20H15N. The number of nitriles is 1. The Balaban J connectivity index is 2.28. The van der Waals surface area contributed by atoms with Crippen LogP contribution in [0.1, 0.15) is 24.5 Å². The Morgan fingerprint density at radius 1 is 0.905 bits per heavy atom. The second-order valence-corrected chi connectivity index (χ2v) is 5.63. The predicted molar refractivity (Wildman–Crippen MR) is 88.9 cm³/mol. The lowest BCUT2D eigenvalue weighted by Gasteiger charge is -2.14. The maximum Gasteiger partial charge on any atom is 0.100 e. The third kappa shape index (κ3) is 1.63. The van der Waals surface area contributed by atoms with Crippen LogP contribution < -0.4 is 0 Å². The van der Waals surface area contributed by atoms with Gasteiger partial charge in [0.05, 0.1) is 5.56 Å². The van der Waals surface area contributed by atoms with Gasteiger partial charge in [-0.1, -0.05) is 55.8 Å². The number of rotatable bonds is 2. The van der Waals surface area contributed by atoms with E-state index >= 15 is 0 Å². The second kappa shape index (κ2) is 4.46. The highest BCUT2D eigenvalue weighted by molar-refractivity contribution is 6.24. The molecule has 0 aromatic heterocycles. The third-order valence-corrected chi connectivity index (χ3v) is 4.36. The Morgan fingerprint density at radius 2 is 1.62 bits per heavy atom. The molecule has 0 aliphatic rings. The van der Waals surface area contributed by atoms with Gasteiger partial charge in [-0.25, -0.2) is 0 Å². The standard InChI is InChI=1S/C20H15N/c1-2-4-15-11-16-8-7-13-5-3-6-14-9-10-17(18(15)12-21)20(16)19(13)14/h3,5-11H,2,4H2,1H3. The molecule has 4 aromatic carbocycles. The smallest absolute Gasteiger partial charge is 0.100 e. The summed E-state index contributed by atoms with van der Waals surface area (Å²) in [4.78, 5) is 0. The van der Waals surface area contributed by atoms with E-state index in [1.165, 1.54) is 32.5 Å². The molecule has 1 nitrogen and oxygen atoms in total. The first-order chi connectivity index (χ1) is 10.3. The van der Waals surface area contributed by atoms with E-state index in [4.69, 9.17) is 0 Å². The number of aryl methyl sites for hydroxylation is 1. The highest BCUT2D eigenvalue weighted by atomic mass is 14.3. The van der Waals surface area contributed by atoms with Gasteiger partial charge in [0.25, 0.3) is 0 Å². The van der Waals surface area contributed by atoms with Crippen molar-refractivity contribution < 1.29 is 0 Å². The van der Waals surface area contributed by atoms with Crippen molar-refractivity contribution in [2.75, 3.05) is 0 Å². The summed E-state index contributed by atoms with van der Waals surface area (Å²) in [6, 6.07) is 19.6. The molecule has 100 valence electrons. The molecule has 0 N–H and O–H groups in total. The lowest BCUT2D eigenvalue weighted by Crippen LogP contribution is -1.94. The Kier molecular flexibility index (Phi) is 2.59. The number of nitrogens with zero attached hydrogens (tertiary/aromatic N) is 1. The van der Waals surface area contributed by atoms with Crippen molar-refractivity contribution in [1.29, 1.82) is 5.26 Å². The molecule has 0 unspecified atom stereocenters. The lowest BCUT2D eigenvalue weighted by molar-refractivity contribution is 0.921. The van der Waals surface area contributed by atoms with Crippen molar-refractivity contribution in [2.45, 2.75) is 19.8 Å². The fourth-order valence-electron chi connectivity index (χ4n) is 3.47. The average Bonchev–Trinajstić information content (AvgIpc) is 2.52. The van der Waals surface area contributed by atoms with Crippen molar-refractivity contribution in [3.8, 4) is 6.07 Å². The SMILES string of the molecule is CCCc1cc2ccc3cccc4ccc(c1C#N)c2c34. The zero-order valence-corrected chi connectivity index (χ0v) is 12.0. The number of hydrogen-bond acceptors (Lipinski definition) is 1. The Hall–Kier alpha value is -2.59. The van der Waals surface area contributed by atoms with Crippen LogP contribution in [0.15, 0.2) is 48.5 Å². The van der Waals surface area contributed by atoms with E-state index in [9.17, 15) is 5.26 Å². The first-order valence-corrected chi connectivity index (χ1v) is 7.43. The largest absolute Gasteiger partial charge is 0.192 e. The zero-order chi connectivity index (χ0) is 14.4. The topological polar surface area (TPSA) is 23.8 Å². The minimum Gasteiger partial charge on any atom is -0.192 e. The van der Waals surface area contributed by atoms with Gasteiger partial charge in [-0.15, -0.1) is 0 Å². The highest BCUT2D eigenvalue weighted by Crippen LogP contribution is 2.37. The first-order valence-electron chi connectivity index (χ1n) is 7.43. The lowest BCUT2D eigenvalue weighted by atomic mass is 9.89. The van der Waals surface area contributed by atoms with Gasteiger partial charge in [-0.05, 0) is 45.0 Å². The van der Waals surface area contributed by atoms with E-state index in [1.807, 2.05) is 0 Å². The van der Waals surface area contributed by atoms with Crippen LogP contribution in [-0.4, -0.2) is 0 Å². The van der Waals surface area contributed by atoms with Crippen molar-refractivity contribution in [3.63, 3.8) is 0 Å². The normalized spacial score (nSPS) is 11.4. The zero-order valence-electron chi connectivity index (χ0n) is 12.0. The fourth-order valence-corrected chi connectivity index (χ4v) is 3.47. The molecule has 0 amide bonds. The summed E-state index contributed by atoms with van der Waals surface area (Å²) in [5, 5.41) is 17.0. The van der Waals surface area contributed by atoms with Crippen molar-refractivity contribution in [2.24, 2.45) is 0 Å². The van der Waals surface area contributed by atoms with Gasteiger partial charge >= 0.3 is 0 Å². The Bertz CT molecular complexity index is 989. The quantitative estimate of drug-likeness (QED) is 0.446. The van der Waals surface area contributed by atoms with Gasteiger partial charge in [-0.2, -0.15) is 5.26 Å². The summed E-state index contributed by atoms with van der Waals surface area (Å²) in [5.41, 5.74) is 2.02. The second-order valence-electron chi connectivity index (χ2n) is 5.63. The maximum absolute atomic E-state index is 9.63. The van der Waals surface area contributed by atoms with E-state index in [0.29, 0.717) is 0 Å². The average molecular weight is 269 g/mol. The fraction of sp³-hybridized carbons (Fsp3) is 0.150. The third-order valence-electron chi connectivity index (χ3n) is 4.36. The summed E-state index contributed by atoms with van der Waals surface area (Å²) in [7, 11) is 0. The highest BCUT2D eigenvalue weighted by Gasteiger charge is 2.13. The van der Waals surface area contributed by atoms with Crippen LogP contribution in [-0.2, 0) is 6.42 Å². The predicted octanol–water partition coefficient (Wildman–Crippen LogP) is 5.41. The number of benzene rings is 4. The molecule has 4 rings (SSSR count). The van der Waals surface area contributed by atoms with Gasteiger partial charge in [-0.3, -0.25) is 0 Å². The summed E-state index contributed by atoms with van der Waals surface area (Å²) < 4.78 is 0. The molecule has 0 saturated carbocycles. The molecule has 0 aliphatic carbocycles. The Labute approximate surface area is 123 Å². The van der Waals surface area contributed by atoms with Crippen molar-refractivity contribution in [3.05, 3.63) is 59.7 Å². The van der Waals surface area contributed by atoms with Crippen LogP contribution in [0.3, 0.4) is 0 Å². The van der Waals surface area contributed by atoms with Crippen molar-refractivity contribution >= 4 is 32.3 Å².